The zero-order chi connectivity index (χ0) is 16.5. The van der Waals surface area contributed by atoms with E-state index in [1.54, 1.807) is 13.0 Å². The van der Waals surface area contributed by atoms with E-state index >= 15 is 0 Å². The third-order valence-corrected chi connectivity index (χ3v) is 2.82. The summed E-state index contributed by atoms with van der Waals surface area (Å²) in [5, 5.41) is 11.4. The summed E-state index contributed by atoms with van der Waals surface area (Å²) in [4.78, 5) is 34.0. The molecule has 1 aromatic rings. The van der Waals surface area contributed by atoms with E-state index in [9.17, 15) is 18.8 Å². The highest BCUT2D eigenvalue weighted by Gasteiger charge is 2.21. The van der Waals surface area contributed by atoms with Crippen molar-refractivity contribution < 1.29 is 28.6 Å². The summed E-state index contributed by atoms with van der Waals surface area (Å²) in [5.41, 5.74) is 0.457. The second-order valence-electron chi connectivity index (χ2n) is 4.60. The molecule has 0 aliphatic carbocycles. The van der Waals surface area contributed by atoms with Gasteiger partial charge >= 0.3 is 11.9 Å². The van der Waals surface area contributed by atoms with Gasteiger partial charge in [0.25, 0.3) is 0 Å². The smallest absolute Gasteiger partial charge is 0.326 e. The molecule has 1 atom stereocenters. The molecule has 2 N–H and O–H groups in total. The Labute approximate surface area is 127 Å². The van der Waals surface area contributed by atoms with E-state index in [0.717, 1.165) is 0 Å². The Morgan fingerprint density at radius 2 is 2.05 bits per heavy atom. The number of rotatable bonds is 8. The van der Waals surface area contributed by atoms with Gasteiger partial charge in [0.2, 0.25) is 5.91 Å². The van der Waals surface area contributed by atoms with Gasteiger partial charge in [-0.3, -0.25) is 9.59 Å². The maximum atomic E-state index is 13.1. The Hall–Kier alpha value is -2.44. The highest BCUT2D eigenvalue weighted by atomic mass is 19.1. The molecule has 1 amide bonds. The molecule has 0 heterocycles. The predicted molar refractivity (Wildman–Crippen MR) is 75.5 cm³/mol. The van der Waals surface area contributed by atoms with Crippen LogP contribution in [0.2, 0.25) is 0 Å². The Balaban J connectivity index is 2.55. The number of ether oxygens (including phenoxy) is 1. The fraction of sp³-hybridized carbons (Fsp3) is 0.400. The Bertz CT molecular complexity index is 546. The first kappa shape index (κ1) is 17.6. The maximum Gasteiger partial charge on any atom is 0.326 e. The molecule has 0 aliphatic heterocycles. The number of esters is 1. The molecular formula is C15H18FNO5. The van der Waals surface area contributed by atoms with E-state index in [0.29, 0.717) is 5.56 Å². The van der Waals surface area contributed by atoms with Crippen LogP contribution in [0.1, 0.15) is 25.3 Å². The molecule has 0 aromatic heterocycles. The van der Waals surface area contributed by atoms with Crippen LogP contribution < -0.4 is 5.32 Å². The van der Waals surface area contributed by atoms with Crippen LogP contribution in [0.25, 0.3) is 0 Å². The van der Waals surface area contributed by atoms with E-state index in [2.05, 4.69) is 10.1 Å². The lowest BCUT2D eigenvalue weighted by atomic mass is 10.1. The first-order valence-corrected chi connectivity index (χ1v) is 6.84. The summed E-state index contributed by atoms with van der Waals surface area (Å²) in [6, 6.07) is 4.31. The van der Waals surface area contributed by atoms with E-state index in [-0.39, 0.29) is 25.9 Å². The van der Waals surface area contributed by atoms with Crippen LogP contribution in [-0.2, 0) is 25.5 Å². The van der Waals surface area contributed by atoms with E-state index in [4.69, 9.17) is 5.11 Å². The van der Waals surface area contributed by atoms with E-state index in [1.165, 1.54) is 18.2 Å². The van der Waals surface area contributed by atoms with Gasteiger partial charge in [-0.25, -0.2) is 9.18 Å². The normalized spacial score (nSPS) is 11.5. The molecule has 1 rings (SSSR count). The number of aliphatic carboxylic acids is 1. The molecular weight excluding hydrogens is 293 g/mol. The minimum absolute atomic E-state index is 0.0434. The van der Waals surface area contributed by atoms with Crippen molar-refractivity contribution in [3.63, 3.8) is 0 Å². The molecule has 120 valence electrons. The van der Waals surface area contributed by atoms with Crippen LogP contribution in [0.5, 0.6) is 0 Å². The first-order valence-electron chi connectivity index (χ1n) is 6.84. The Kier molecular flexibility index (Phi) is 7.01. The number of hydrogen-bond acceptors (Lipinski definition) is 4. The molecule has 7 heteroatoms. The van der Waals surface area contributed by atoms with Crippen LogP contribution >= 0.6 is 0 Å². The Morgan fingerprint density at radius 1 is 1.32 bits per heavy atom. The van der Waals surface area contributed by atoms with Gasteiger partial charge in [-0.2, -0.15) is 0 Å². The van der Waals surface area contributed by atoms with E-state index in [1.807, 2.05) is 0 Å². The third-order valence-electron chi connectivity index (χ3n) is 2.82. The lowest BCUT2D eigenvalue weighted by Gasteiger charge is -2.14. The van der Waals surface area contributed by atoms with Gasteiger partial charge in [0, 0.05) is 12.8 Å². The predicted octanol–water partition coefficient (Wildman–Crippen LogP) is 1.28. The van der Waals surface area contributed by atoms with Crippen LogP contribution in [0, 0.1) is 5.82 Å². The van der Waals surface area contributed by atoms with Crippen molar-refractivity contribution in [2.75, 3.05) is 6.61 Å². The summed E-state index contributed by atoms with van der Waals surface area (Å²) in [6.45, 7) is 1.87. The van der Waals surface area contributed by atoms with Crippen LogP contribution in [0.15, 0.2) is 24.3 Å². The quantitative estimate of drug-likeness (QED) is 0.706. The lowest BCUT2D eigenvalue weighted by Crippen LogP contribution is -2.42. The number of halogens is 1. The second kappa shape index (κ2) is 8.76. The second-order valence-corrected chi connectivity index (χ2v) is 4.60. The molecule has 0 fully saturated rings. The minimum Gasteiger partial charge on any atom is -0.480 e. The molecule has 0 saturated heterocycles. The maximum absolute atomic E-state index is 13.1. The molecule has 0 bridgehead atoms. The van der Waals surface area contributed by atoms with Gasteiger partial charge in [-0.15, -0.1) is 0 Å². The molecule has 22 heavy (non-hydrogen) atoms. The van der Waals surface area contributed by atoms with Crippen LogP contribution in [0.4, 0.5) is 4.39 Å². The summed E-state index contributed by atoms with van der Waals surface area (Å²) in [7, 11) is 0. The van der Waals surface area contributed by atoms with Gasteiger partial charge in [0.1, 0.15) is 11.9 Å². The SMILES string of the molecule is CCOC(=O)CCC(=O)N[C@H](Cc1cccc(F)c1)C(=O)O. The molecule has 0 unspecified atom stereocenters. The number of nitrogens with one attached hydrogen (secondary N) is 1. The van der Waals surface area contributed by atoms with Gasteiger partial charge < -0.3 is 15.2 Å². The highest BCUT2D eigenvalue weighted by molar-refractivity contribution is 5.85. The monoisotopic (exact) mass is 311 g/mol. The summed E-state index contributed by atoms with van der Waals surface area (Å²) in [6.07, 6.45) is -0.323. The molecule has 0 aliphatic rings. The highest BCUT2D eigenvalue weighted by Crippen LogP contribution is 2.07. The topological polar surface area (TPSA) is 92.7 Å². The van der Waals surface area contributed by atoms with E-state index < -0.39 is 29.7 Å². The summed E-state index contributed by atoms with van der Waals surface area (Å²) in [5.74, 6) is -2.80. The fourth-order valence-corrected chi connectivity index (χ4v) is 1.81. The Morgan fingerprint density at radius 3 is 2.64 bits per heavy atom. The van der Waals surface area contributed by atoms with Crippen LogP contribution in [0.3, 0.4) is 0 Å². The third kappa shape index (κ3) is 6.34. The van der Waals surface area contributed by atoms with Crippen molar-refractivity contribution in [1.82, 2.24) is 5.32 Å². The molecule has 0 radical (unpaired) electrons. The average molecular weight is 311 g/mol. The summed E-state index contributed by atoms with van der Waals surface area (Å²) >= 11 is 0. The molecule has 0 spiro atoms. The van der Waals surface area contributed by atoms with Crippen molar-refractivity contribution in [2.24, 2.45) is 0 Å². The van der Waals surface area contributed by atoms with Gasteiger partial charge in [-0.1, -0.05) is 12.1 Å². The van der Waals surface area contributed by atoms with Crippen molar-refractivity contribution in [1.29, 1.82) is 0 Å². The average Bonchev–Trinajstić information content (AvgIpc) is 2.45. The first-order chi connectivity index (χ1) is 10.4. The standard InChI is InChI=1S/C15H18FNO5/c1-2-22-14(19)7-6-13(18)17-12(15(20)21)9-10-4-3-5-11(16)8-10/h3-5,8,12H,2,6-7,9H2,1H3,(H,17,18)(H,20,21)/t12-/m1/s1. The van der Waals surface area contributed by atoms with Gasteiger partial charge in [0.15, 0.2) is 0 Å². The van der Waals surface area contributed by atoms with Gasteiger partial charge in [0.05, 0.1) is 13.0 Å². The summed E-state index contributed by atoms with van der Waals surface area (Å²) < 4.78 is 17.8. The van der Waals surface area contributed by atoms with Crippen molar-refractivity contribution in [3.05, 3.63) is 35.6 Å². The van der Waals surface area contributed by atoms with Crippen molar-refractivity contribution in [2.45, 2.75) is 32.2 Å². The van der Waals surface area contributed by atoms with Crippen molar-refractivity contribution >= 4 is 17.8 Å². The fourth-order valence-electron chi connectivity index (χ4n) is 1.81. The number of carbonyl (C=O) groups is 3. The molecule has 1 aromatic carbocycles. The number of carbonyl (C=O) groups excluding carboxylic acids is 2. The number of carboxylic acid groups (broad SMARTS) is 1. The lowest BCUT2D eigenvalue weighted by molar-refractivity contribution is -0.144. The number of benzene rings is 1. The molecule has 0 saturated carbocycles. The number of amides is 1. The number of hydrogen-bond donors (Lipinski definition) is 2. The van der Waals surface area contributed by atoms with Gasteiger partial charge in [-0.05, 0) is 24.6 Å². The minimum atomic E-state index is -1.23. The largest absolute Gasteiger partial charge is 0.480 e. The van der Waals surface area contributed by atoms with Crippen LogP contribution in [-0.4, -0.2) is 35.6 Å². The zero-order valence-corrected chi connectivity index (χ0v) is 12.2. The van der Waals surface area contributed by atoms with Crippen molar-refractivity contribution in [3.8, 4) is 0 Å². The number of carboxylic acids is 1. The zero-order valence-electron chi connectivity index (χ0n) is 12.2. The molecule has 6 nitrogen and oxygen atoms in total.